The van der Waals surface area contributed by atoms with Crippen LogP contribution in [0.4, 0.5) is 10.1 Å². The van der Waals surface area contributed by atoms with Crippen LogP contribution in [-0.2, 0) is 19.6 Å². The van der Waals surface area contributed by atoms with Crippen LogP contribution in [-0.4, -0.2) is 51.5 Å². The van der Waals surface area contributed by atoms with Crippen LogP contribution in [0.2, 0.25) is 5.02 Å². The number of ether oxygens (including phenoxy) is 2. The van der Waals surface area contributed by atoms with Crippen LogP contribution in [0.1, 0.15) is 0 Å². The van der Waals surface area contributed by atoms with E-state index in [1.54, 1.807) is 0 Å². The molecule has 10 heteroatoms. The van der Waals surface area contributed by atoms with E-state index >= 15 is 0 Å². The molecule has 0 aliphatic carbocycles. The van der Waals surface area contributed by atoms with Crippen LogP contribution in [0.3, 0.4) is 0 Å². The van der Waals surface area contributed by atoms with E-state index in [1.807, 2.05) is 0 Å². The SMILES string of the molecule is O=C(COc1ccc(S(=O)(=O)N2CCOCC2)cc1Cl)Nc1ccc(F)cc1. The number of hydrogen-bond donors (Lipinski definition) is 1. The number of halogens is 2. The minimum absolute atomic E-state index is 0.0440. The smallest absolute Gasteiger partial charge is 0.262 e. The van der Waals surface area contributed by atoms with Gasteiger partial charge >= 0.3 is 0 Å². The summed E-state index contributed by atoms with van der Waals surface area (Å²) in [5.41, 5.74) is 0.424. The van der Waals surface area contributed by atoms with Gasteiger partial charge in [-0.15, -0.1) is 0 Å². The van der Waals surface area contributed by atoms with E-state index < -0.39 is 21.7 Å². The van der Waals surface area contributed by atoms with Gasteiger partial charge in [0, 0.05) is 18.8 Å². The van der Waals surface area contributed by atoms with E-state index in [0.29, 0.717) is 18.9 Å². The Kier molecular flexibility index (Phi) is 6.50. The van der Waals surface area contributed by atoms with Gasteiger partial charge in [-0.3, -0.25) is 4.79 Å². The molecule has 3 rings (SSSR count). The van der Waals surface area contributed by atoms with Gasteiger partial charge in [-0.1, -0.05) is 11.6 Å². The summed E-state index contributed by atoms with van der Waals surface area (Å²) in [4.78, 5) is 12.0. The number of nitrogens with zero attached hydrogens (tertiary/aromatic N) is 1. The van der Waals surface area contributed by atoms with Crippen LogP contribution in [0, 0.1) is 5.82 Å². The molecule has 1 aliphatic heterocycles. The van der Waals surface area contributed by atoms with Crippen LogP contribution in [0.5, 0.6) is 5.75 Å². The maximum Gasteiger partial charge on any atom is 0.262 e. The fourth-order valence-corrected chi connectivity index (χ4v) is 4.30. The Morgan fingerprint density at radius 1 is 1.18 bits per heavy atom. The first-order valence-corrected chi connectivity index (χ1v) is 10.2. The first-order chi connectivity index (χ1) is 13.4. The number of rotatable bonds is 6. The van der Waals surface area contributed by atoms with E-state index in [2.05, 4.69) is 5.32 Å². The third-order valence-electron chi connectivity index (χ3n) is 4.00. The van der Waals surface area contributed by atoms with Gasteiger partial charge in [0.05, 0.1) is 23.1 Å². The number of hydrogen-bond acceptors (Lipinski definition) is 5. The van der Waals surface area contributed by atoms with Crippen molar-refractivity contribution in [2.75, 3.05) is 38.2 Å². The van der Waals surface area contributed by atoms with Crippen molar-refractivity contribution < 1.29 is 27.1 Å². The molecule has 1 amide bonds. The molecule has 150 valence electrons. The average Bonchev–Trinajstić information content (AvgIpc) is 2.69. The van der Waals surface area contributed by atoms with Crippen molar-refractivity contribution in [2.24, 2.45) is 0 Å². The minimum Gasteiger partial charge on any atom is -0.482 e. The summed E-state index contributed by atoms with van der Waals surface area (Å²) in [5, 5.41) is 2.62. The van der Waals surface area contributed by atoms with Gasteiger partial charge in [-0.2, -0.15) is 4.31 Å². The lowest BCUT2D eigenvalue weighted by atomic mass is 10.3. The number of morpholine rings is 1. The molecule has 1 saturated heterocycles. The van der Waals surface area contributed by atoms with Crippen molar-refractivity contribution >= 4 is 33.2 Å². The second-order valence-corrected chi connectivity index (χ2v) is 8.30. The lowest BCUT2D eigenvalue weighted by Gasteiger charge is -2.26. The van der Waals surface area contributed by atoms with Crippen LogP contribution >= 0.6 is 11.6 Å². The van der Waals surface area contributed by atoms with E-state index in [1.165, 1.54) is 46.8 Å². The molecule has 7 nitrogen and oxygen atoms in total. The highest BCUT2D eigenvalue weighted by molar-refractivity contribution is 7.89. The summed E-state index contributed by atoms with van der Waals surface area (Å²) in [6.45, 7) is 0.908. The second kappa shape index (κ2) is 8.87. The van der Waals surface area contributed by atoms with Crippen molar-refractivity contribution in [1.82, 2.24) is 4.31 Å². The number of anilines is 1. The lowest BCUT2D eigenvalue weighted by molar-refractivity contribution is -0.118. The molecule has 28 heavy (non-hydrogen) atoms. The Bertz CT molecular complexity index is 947. The number of carbonyl (C=O) groups excluding carboxylic acids is 1. The van der Waals surface area contributed by atoms with Crippen molar-refractivity contribution in [3.05, 3.63) is 53.3 Å². The average molecular weight is 429 g/mol. The summed E-state index contributed by atoms with van der Waals surface area (Å²) in [6, 6.07) is 9.36. The highest BCUT2D eigenvalue weighted by Crippen LogP contribution is 2.29. The second-order valence-electron chi connectivity index (χ2n) is 5.95. The van der Waals surface area contributed by atoms with Gasteiger partial charge in [0.1, 0.15) is 11.6 Å². The van der Waals surface area contributed by atoms with Crippen molar-refractivity contribution in [2.45, 2.75) is 4.90 Å². The molecule has 1 heterocycles. The third kappa shape index (κ3) is 4.99. The minimum atomic E-state index is -3.67. The maximum atomic E-state index is 12.9. The Morgan fingerprint density at radius 3 is 2.50 bits per heavy atom. The predicted octanol–water partition coefficient (Wildman–Crippen LogP) is 2.52. The zero-order valence-electron chi connectivity index (χ0n) is 14.7. The normalized spacial score (nSPS) is 15.2. The summed E-state index contributed by atoms with van der Waals surface area (Å²) in [5.74, 6) is -0.697. The predicted molar refractivity (Wildman–Crippen MR) is 102 cm³/mol. The van der Waals surface area contributed by atoms with E-state index in [0.717, 1.165) is 0 Å². The highest BCUT2D eigenvalue weighted by Gasteiger charge is 2.27. The van der Waals surface area contributed by atoms with Crippen molar-refractivity contribution in [3.8, 4) is 5.75 Å². The molecule has 0 atom stereocenters. The Labute approximate surface area is 167 Å². The standard InChI is InChI=1S/C18H18ClFN2O5S/c19-16-11-15(28(24,25)22-7-9-26-10-8-22)5-6-17(16)27-12-18(23)21-14-3-1-13(20)2-4-14/h1-6,11H,7-10,12H2,(H,21,23). The van der Waals surface area contributed by atoms with Crippen LogP contribution in [0.25, 0.3) is 0 Å². The molecular weight excluding hydrogens is 411 g/mol. The largest absolute Gasteiger partial charge is 0.482 e. The number of amides is 1. The molecule has 0 unspecified atom stereocenters. The first kappa shape index (κ1) is 20.5. The molecule has 0 saturated carbocycles. The van der Waals surface area contributed by atoms with E-state index in [9.17, 15) is 17.6 Å². The van der Waals surface area contributed by atoms with Gasteiger partial charge < -0.3 is 14.8 Å². The Hall–Kier alpha value is -2.20. The number of nitrogens with one attached hydrogen (secondary N) is 1. The molecule has 0 spiro atoms. The van der Waals surface area contributed by atoms with E-state index in [4.69, 9.17) is 21.1 Å². The number of carbonyl (C=O) groups is 1. The van der Waals surface area contributed by atoms with Gasteiger partial charge in [0.15, 0.2) is 6.61 Å². The summed E-state index contributed by atoms with van der Waals surface area (Å²) in [6.07, 6.45) is 0. The topological polar surface area (TPSA) is 84.9 Å². The first-order valence-electron chi connectivity index (χ1n) is 8.42. The monoisotopic (exact) mass is 428 g/mol. The fourth-order valence-electron chi connectivity index (χ4n) is 2.57. The number of sulfonamides is 1. The Morgan fingerprint density at radius 2 is 1.86 bits per heavy atom. The maximum absolute atomic E-state index is 12.9. The van der Waals surface area contributed by atoms with Crippen LogP contribution < -0.4 is 10.1 Å². The number of benzene rings is 2. The van der Waals surface area contributed by atoms with Gasteiger partial charge in [0.25, 0.3) is 5.91 Å². The molecule has 1 N–H and O–H groups in total. The quantitative estimate of drug-likeness (QED) is 0.764. The molecule has 2 aromatic rings. The zero-order valence-corrected chi connectivity index (χ0v) is 16.3. The summed E-state index contributed by atoms with van der Waals surface area (Å²) < 4.78 is 50.0. The van der Waals surface area contributed by atoms with Crippen molar-refractivity contribution in [3.63, 3.8) is 0 Å². The van der Waals surface area contributed by atoms with Gasteiger partial charge in [-0.05, 0) is 42.5 Å². The Balaban J connectivity index is 1.62. The highest BCUT2D eigenvalue weighted by atomic mass is 35.5. The molecule has 2 aromatic carbocycles. The molecular formula is C18H18ClFN2O5S. The molecule has 1 aliphatic rings. The molecule has 0 bridgehead atoms. The lowest BCUT2D eigenvalue weighted by Crippen LogP contribution is -2.40. The van der Waals surface area contributed by atoms with Gasteiger partial charge in [-0.25, -0.2) is 12.8 Å². The fraction of sp³-hybridized carbons (Fsp3) is 0.278. The van der Waals surface area contributed by atoms with Crippen LogP contribution in [0.15, 0.2) is 47.4 Å². The summed E-state index contributed by atoms with van der Waals surface area (Å²) >= 11 is 6.13. The summed E-state index contributed by atoms with van der Waals surface area (Å²) in [7, 11) is -3.67. The van der Waals surface area contributed by atoms with E-state index in [-0.39, 0.29) is 35.4 Å². The molecule has 0 aromatic heterocycles. The molecule has 0 radical (unpaired) electrons. The van der Waals surface area contributed by atoms with Crippen molar-refractivity contribution in [1.29, 1.82) is 0 Å². The van der Waals surface area contributed by atoms with Gasteiger partial charge in [0.2, 0.25) is 10.0 Å². The third-order valence-corrected chi connectivity index (χ3v) is 6.19. The molecule has 1 fully saturated rings. The zero-order chi connectivity index (χ0) is 20.1.